The van der Waals surface area contributed by atoms with Gasteiger partial charge in [-0.2, -0.15) is 0 Å². The zero-order chi connectivity index (χ0) is 23.3. The number of aryl methyl sites for hydroxylation is 1. The van der Waals surface area contributed by atoms with E-state index in [1.54, 1.807) is 6.07 Å². The lowest BCUT2D eigenvalue weighted by Gasteiger charge is -2.03. The fourth-order valence-corrected chi connectivity index (χ4v) is 2.97. The van der Waals surface area contributed by atoms with E-state index in [1.807, 2.05) is 6.92 Å². The van der Waals surface area contributed by atoms with E-state index in [0.717, 1.165) is 49.8 Å². The van der Waals surface area contributed by atoms with Crippen LogP contribution in [-0.2, 0) is 6.42 Å². The van der Waals surface area contributed by atoms with Crippen molar-refractivity contribution in [3.8, 4) is 29.4 Å². The van der Waals surface area contributed by atoms with Crippen molar-refractivity contribution in [2.75, 3.05) is 7.11 Å². The maximum absolute atomic E-state index is 14.4. The molecule has 0 radical (unpaired) electrons. The lowest BCUT2D eigenvalue weighted by atomic mass is 10.1. The summed E-state index contributed by atoms with van der Waals surface area (Å²) in [6.07, 6.45) is 1.61. The first-order valence-electron chi connectivity index (χ1n) is 9.67. The van der Waals surface area contributed by atoms with Crippen molar-refractivity contribution < 1.29 is 26.7 Å². The van der Waals surface area contributed by atoms with E-state index in [-0.39, 0.29) is 16.7 Å². The molecule has 0 amide bonds. The standard InChI is InChI=1S/C26H17F5O/c1-3-4-16-5-8-19(21(27)11-16)9-6-17-12-22(28)20(23(29)13-17)10-7-18-14-24(30)26(32-2)25(31)15-18/h5,8,11-15H,3-4H2,1-2H3. The largest absolute Gasteiger partial charge is 0.491 e. The van der Waals surface area contributed by atoms with Crippen LogP contribution in [0.2, 0.25) is 0 Å². The molecule has 0 aliphatic rings. The number of benzene rings is 3. The maximum Gasteiger partial charge on any atom is 0.190 e. The van der Waals surface area contributed by atoms with Crippen molar-refractivity contribution in [1.29, 1.82) is 0 Å². The first-order chi connectivity index (χ1) is 15.3. The van der Waals surface area contributed by atoms with Crippen molar-refractivity contribution in [1.82, 2.24) is 0 Å². The van der Waals surface area contributed by atoms with Gasteiger partial charge in [0, 0.05) is 11.1 Å². The number of hydrogen-bond donors (Lipinski definition) is 0. The summed E-state index contributed by atoms with van der Waals surface area (Å²) in [6, 6.07) is 8.36. The molecule has 3 aromatic rings. The zero-order valence-corrected chi connectivity index (χ0v) is 17.3. The second-order valence-corrected chi connectivity index (χ2v) is 6.85. The van der Waals surface area contributed by atoms with Gasteiger partial charge in [0.2, 0.25) is 0 Å². The molecule has 3 rings (SSSR count). The summed E-state index contributed by atoms with van der Waals surface area (Å²) in [6.45, 7) is 1.98. The van der Waals surface area contributed by atoms with Gasteiger partial charge in [0.1, 0.15) is 17.5 Å². The predicted molar refractivity (Wildman–Crippen MR) is 112 cm³/mol. The molecular weight excluding hydrogens is 423 g/mol. The average molecular weight is 440 g/mol. The molecular formula is C26H17F5O. The molecule has 3 aromatic carbocycles. The number of methoxy groups -OCH3 is 1. The Morgan fingerprint density at radius 2 is 1.25 bits per heavy atom. The molecule has 0 aliphatic carbocycles. The van der Waals surface area contributed by atoms with Crippen molar-refractivity contribution in [2.45, 2.75) is 19.8 Å². The molecule has 0 bridgehead atoms. The second kappa shape index (κ2) is 10.0. The third kappa shape index (κ3) is 5.28. The molecule has 0 saturated heterocycles. The highest BCUT2D eigenvalue weighted by Crippen LogP contribution is 2.22. The van der Waals surface area contributed by atoms with Crippen molar-refractivity contribution >= 4 is 0 Å². The number of hydrogen-bond acceptors (Lipinski definition) is 1. The lowest BCUT2D eigenvalue weighted by molar-refractivity contribution is 0.359. The van der Waals surface area contributed by atoms with E-state index in [1.165, 1.54) is 12.1 Å². The smallest absolute Gasteiger partial charge is 0.190 e. The highest BCUT2D eigenvalue weighted by atomic mass is 19.1. The fraction of sp³-hybridized carbons (Fsp3) is 0.154. The van der Waals surface area contributed by atoms with Gasteiger partial charge in [-0.15, -0.1) is 0 Å². The van der Waals surface area contributed by atoms with Crippen LogP contribution in [0.15, 0.2) is 42.5 Å². The Balaban J connectivity index is 1.88. The molecule has 0 unspecified atom stereocenters. The van der Waals surface area contributed by atoms with Crippen molar-refractivity contribution in [3.63, 3.8) is 0 Å². The van der Waals surface area contributed by atoms with Crippen LogP contribution in [0.25, 0.3) is 0 Å². The molecule has 1 nitrogen and oxygen atoms in total. The molecule has 0 spiro atoms. The van der Waals surface area contributed by atoms with Gasteiger partial charge in [-0.05, 0) is 48.4 Å². The van der Waals surface area contributed by atoms with Crippen LogP contribution in [0.5, 0.6) is 5.75 Å². The lowest BCUT2D eigenvalue weighted by Crippen LogP contribution is -1.95. The van der Waals surface area contributed by atoms with Gasteiger partial charge < -0.3 is 4.74 Å². The van der Waals surface area contributed by atoms with Crippen LogP contribution in [0.4, 0.5) is 22.0 Å². The van der Waals surface area contributed by atoms with Crippen LogP contribution >= 0.6 is 0 Å². The summed E-state index contributed by atoms with van der Waals surface area (Å²) in [5.41, 5.74) is 0.238. The predicted octanol–water partition coefficient (Wildman–Crippen LogP) is 6.14. The van der Waals surface area contributed by atoms with Crippen molar-refractivity contribution in [3.05, 3.63) is 99.4 Å². The fourth-order valence-electron chi connectivity index (χ4n) is 2.97. The summed E-state index contributed by atoms with van der Waals surface area (Å²) in [5, 5.41) is 0. The summed E-state index contributed by atoms with van der Waals surface area (Å²) in [5.74, 6) is 4.59. The Labute approximate surface area is 182 Å². The van der Waals surface area contributed by atoms with Crippen LogP contribution in [-0.4, -0.2) is 7.11 Å². The van der Waals surface area contributed by atoms with Gasteiger partial charge in [0.25, 0.3) is 0 Å². The summed E-state index contributed by atoms with van der Waals surface area (Å²) in [7, 11) is 1.11. The number of halogens is 5. The molecule has 0 aromatic heterocycles. The number of rotatable bonds is 3. The minimum atomic E-state index is -1.00. The van der Waals surface area contributed by atoms with Gasteiger partial charge in [-0.1, -0.05) is 43.1 Å². The molecule has 0 heterocycles. The first-order valence-corrected chi connectivity index (χ1v) is 9.67. The van der Waals surface area contributed by atoms with Crippen LogP contribution in [0.1, 0.15) is 41.2 Å². The molecule has 0 saturated carbocycles. The van der Waals surface area contributed by atoms with Crippen LogP contribution in [0.3, 0.4) is 0 Å². The van der Waals surface area contributed by atoms with Crippen molar-refractivity contribution in [2.24, 2.45) is 0 Å². The minimum absolute atomic E-state index is 0.0101. The first kappa shape index (κ1) is 22.9. The van der Waals surface area contributed by atoms with E-state index in [0.29, 0.717) is 0 Å². The van der Waals surface area contributed by atoms with Gasteiger partial charge in [0.05, 0.1) is 18.2 Å². The molecule has 0 atom stereocenters. The molecule has 0 fully saturated rings. The van der Waals surface area contributed by atoms with Crippen LogP contribution in [0, 0.1) is 52.8 Å². The Kier molecular flexibility index (Phi) is 7.18. The van der Waals surface area contributed by atoms with E-state index >= 15 is 0 Å². The average Bonchev–Trinajstić information content (AvgIpc) is 2.72. The summed E-state index contributed by atoms with van der Waals surface area (Å²) in [4.78, 5) is 0. The second-order valence-electron chi connectivity index (χ2n) is 6.85. The topological polar surface area (TPSA) is 9.23 Å². The van der Waals surface area contributed by atoms with E-state index in [4.69, 9.17) is 0 Å². The molecule has 162 valence electrons. The van der Waals surface area contributed by atoms with E-state index < -0.39 is 40.4 Å². The normalized spacial score (nSPS) is 10.1. The van der Waals surface area contributed by atoms with E-state index in [9.17, 15) is 22.0 Å². The Morgan fingerprint density at radius 1 is 0.688 bits per heavy atom. The summed E-state index contributed by atoms with van der Waals surface area (Å²) >= 11 is 0. The molecule has 32 heavy (non-hydrogen) atoms. The summed E-state index contributed by atoms with van der Waals surface area (Å²) < 4.78 is 74.9. The van der Waals surface area contributed by atoms with Gasteiger partial charge in [-0.3, -0.25) is 0 Å². The maximum atomic E-state index is 14.4. The number of ether oxygens (including phenoxy) is 1. The third-order valence-electron chi connectivity index (χ3n) is 4.49. The van der Waals surface area contributed by atoms with Crippen LogP contribution < -0.4 is 4.74 Å². The Bertz CT molecular complexity index is 1240. The van der Waals surface area contributed by atoms with Gasteiger partial charge >= 0.3 is 0 Å². The quantitative estimate of drug-likeness (QED) is 0.351. The third-order valence-corrected chi connectivity index (χ3v) is 4.49. The highest BCUT2D eigenvalue weighted by Gasteiger charge is 2.12. The highest BCUT2D eigenvalue weighted by molar-refractivity contribution is 5.50. The van der Waals surface area contributed by atoms with E-state index in [2.05, 4.69) is 28.4 Å². The zero-order valence-electron chi connectivity index (χ0n) is 17.3. The van der Waals surface area contributed by atoms with Gasteiger partial charge in [-0.25, -0.2) is 22.0 Å². The Hall–Kier alpha value is -3.77. The molecule has 0 N–H and O–H groups in total. The molecule has 0 aliphatic heterocycles. The monoisotopic (exact) mass is 440 g/mol. The van der Waals surface area contributed by atoms with Gasteiger partial charge in [0.15, 0.2) is 17.4 Å². The minimum Gasteiger partial charge on any atom is -0.491 e. The molecule has 6 heteroatoms. The SMILES string of the molecule is CCCc1ccc(C#Cc2cc(F)c(C#Cc3cc(F)c(OC)c(F)c3)c(F)c2)c(F)c1. The Morgan fingerprint density at radius 3 is 1.78 bits per heavy atom.